The average Bonchev–Trinajstić information content (AvgIpc) is 3.17. The molecule has 0 atom stereocenters. The molecule has 3 rings (SSSR count). The van der Waals surface area contributed by atoms with E-state index in [0.29, 0.717) is 28.8 Å². The number of sulfonamides is 1. The van der Waals surface area contributed by atoms with Gasteiger partial charge in [0, 0.05) is 36.6 Å². The summed E-state index contributed by atoms with van der Waals surface area (Å²) in [5, 5.41) is 3.56. The standard InChI is InChI=1S/C17H17Cl2N5O2S/c1-12-8-15(14(19)9-13(12)18)27(25,26)23-5-4-20-16-10-17(22-11-21-16)24-6-2-3-7-24/h2-3,6-11,23H,4-5H2,1H3,(H,20,21,22). The summed E-state index contributed by atoms with van der Waals surface area (Å²) in [6, 6.07) is 8.44. The lowest BCUT2D eigenvalue weighted by Crippen LogP contribution is -2.29. The van der Waals surface area contributed by atoms with Gasteiger partial charge in [-0.2, -0.15) is 0 Å². The van der Waals surface area contributed by atoms with Crippen molar-refractivity contribution in [3.63, 3.8) is 0 Å². The minimum Gasteiger partial charge on any atom is -0.369 e. The van der Waals surface area contributed by atoms with Crippen molar-refractivity contribution in [2.45, 2.75) is 11.8 Å². The molecule has 0 aliphatic heterocycles. The molecule has 0 unspecified atom stereocenters. The second-order valence-corrected chi connectivity index (χ2v) is 8.26. The molecule has 0 radical (unpaired) electrons. The van der Waals surface area contributed by atoms with Gasteiger partial charge in [0.05, 0.1) is 5.02 Å². The van der Waals surface area contributed by atoms with Crippen LogP contribution in [0.4, 0.5) is 5.82 Å². The van der Waals surface area contributed by atoms with Gasteiger partial charge in [0.25, 0.3) is 0 Å². The van der Waals surface area contributed by atoms with Crippen LogP contribution >= 0.6 is 23.2 Å². The number of aryl methyl sites for hydroxylation is 1. The predicted molar refractivity (Wildman–Crippen MR) is 106 cm³/mol. The summed E-state index contributed by atoms with van der Waals surface area (Å²) in [5.74, 6) is 1.30. The smallest absolute Gasteiger partial charge is 0.242 e. The molecule has 2 heterocycles. The number of rotatable bonds is 7. The van der Waals surface area contributed by atoms with Crippen LogP contribution in [0.25, 0.3) is 5.82 Å². The van der Waals surface area contributed by atoms with E-state index in [4.69, 9.17) is 23.2 Å². The Bertz CT molecular complexity index is 1040. The highest BCUT2D eigenvalue weighted by Gasteiger charge is 2.18. The number of halogens is 2. The molecular formula is C17H17Cl2N5O2S. The van der Waals surface area contributed by atoms with Gasteiger partial charge in [-0.15, -0.1) is 0 Å². The molecule has 1 aromatic carbocycles. The molecule has 2 N–H and O–H groups in total. The zero-order valence-corrected chi connectivity index (χ0v) is 16.7. The van der Waals surface area contributed by atoms with E-state index in [1.54, 1.807) is 13.0 Å². The van der Waals surface area contributed by atoms with Crippen LogP contribution in [0.1, 0.15) is 5.56 Å². The van der Waals surface area contributed by atoms with Crippen LogP contribution in [0.3, 0.4) is 0 Å². The van der Waals surface area contributed by atoms with Gasteiger partial charge < -0.3 is 9.88 Å². The molecule has 0 fully saturated rings. The first-order valence-corrected chi connectivity index (χ1v) is 10.3. The van der Waals surface area contributed by atoms with E-state index in [9.17, 15) is 8.42 Å². The summed E-state index contributed by atoms with van der Waals surface area (Å²) in [5.41, 5.74) is 0.637. The Morgan fingerprint density at radius 2 is 1.78 bits per heavy atom. The van der Waals surface area contributed by atoms with Crippen LogP contribution in [0.5, 0.6) is 0 Å². The third kappa shape index (κ3) is 4.78. The maximum absolute atomic E-state index is 12.4. The number of nitrogens with zero attached hydrogens (tertiary/aromatic N) is 3. The van der Waals surface area contributed by atoms with Gasteiger partial charge >= 0.3 is 0 Å². The molecule has 0 saturated carbocycles. The Labute approximate surface area is 167 Å². The maximum Gasteiger partial charge on any atom is 0.242 e. The number of benzene rings is 1. The lowest BCUT2D eigenvalue weighted by Gasteiger charge is -2.11. The summed E-state index contributed by atoms with van der Waals surface area (Å²) < 4.78 is 29.2. The second-order valence-electron chi connectivity index (χ2n) is 5.71. The molecule has 3 aromatic rings. The van der Waals surface area contributed by atoms with Crippen molar-refractivity contribution < 1.29 is 8.42 Å². The summed E-state index contributed by atoms with van der Waals surface area (Å²) in [6.07, 6.45) is 5.19. The number of anilines is 1. The molecule has 0 amide bonds. The fourth-order valence-electron chi connectivity index (χ4n) is 2.36. The molecule has 7 nitrogen and oxygen atoms in total. The predicted octanol–water partition coefficient (Wildman–Crippen LogP) is 3.27. The SMILES string of the molecule is Cc1cc(S(=O)(=O)NCCNc2cc(-n3cccc3)ncn2)c(Cl)cc1Cl. The monoisotopic (exact) mass is 425 g/mol. The van der Waals surface area contributed by atoms with Crippen molar-refractivity contribution in [2.24, 2.45) is 0 Å². The van der Waals surface area contributed by atoms with Gasteiger partial charge in [-0.05, 0) is 36.8 Å². The minimum atomic E-state index is -3.75. The fourth-order valence-corrected chi connectivity index (χ4v) is 4.22. The van der Waals surface area contributed by atoms with Crippen LogP contribution in [0.2, 0.25) is 10.0 Å². The molecule has 10 heteroatoms. The molecule has 2 aromatic heterocycles. The van der Waals surface area contributed by atoms with Crippen molar-refractivity contribution in [3.8, 4) is 5.82 Å². The highest BCUT2D eigenvalue weighted by molar-refractivity contribution is 7.89. The van der Waals surface area contributed by atoms with E-state index < -0.39 is 10.0 Å². The van der Waals surface area contributed by atoms with Crippen molar-refractivity contribution in [3.05, 3.63) is 64.7 Å². The zero-order chi connectivity index (χ0) is 19.4. The maximum atomic E-state index is 12.4. The lowest BCUT2D eigenvalue weighted by atomic mass is 10.2. The van der Waals surface area contributed by atoms with Gasteiger partial charge in [-0.1, -0.05) is 23.2 Å². The molecule has 142 valence electrons. The van der Waals surface area contributed by atoms with Gasteiger partial charge in [-0.3, -0.25) is 0 Å². The van der Waals surface area contributed by atoms with E-state index in [2.05, 4.69) is 20.0 Å². The highest BCUT2D eigenvalue weighted by atomic mass is 35.5. The summed E-state index contributed by atoms with van der Waals surface area (Å²) in [4.78, 5) is 8.32. The summed E-state index contributed by atoms with van der Waals surface area (Å²) in [6.45, 7) is 2.21. The quantitative estimate of drug-likeness (QED) is 0.566. The van der Waals surface area contributed by atoms with Crippen LogP contribution in [-0.4, -0.2) is 36.0 Å². The number of aromatic nitrogens is 3. The van der Waals surface area contributed by atoms with Crippen LogP contribution in [0.15, 0.2) is 53.9 Å². The first-order valence-electron chi connectivity index (χ1n) is 8.01. The third-order valence-electron chi connectivity index (χ3n) is 3.75. The van der Waals surface area contributed by atoms with Crippen molar-refractivity contribution in [1.82, 2.24) is 19.3 Å². The molecular weight excluding hydrogens is 409 g/mol. The van der Waals surface area contributed by atoms with Gasteiger partial charge in [0.1, 0.15) is 22.9 Å². The van der Waals surface area contributed by atoms with E-state index in [-0.39, 0.29) is 16.5 Å². The van der Waals surface area contributed by atoms with E-state index >= 15 is 0 Å². The topological polar surface area (TPSA) is 88.9 Å². The van der Waals surface area contributed by atoms with Gasteiger partial charge in [0.15, 0.2) is 0 Å². The lowest BCUT2D eigenvalue weighted by molar-refractivity contribution is 0.583. The molecule has 0 spiro atoms. The molecule has 0 aliphatic carbocycles. The number of nitrogens with one attached hydrogen (secondary N) is 2. The van der Waals surface area contributed by atoms with Gasteiger partial charge in [0.2, 0.25) is 10.0 Å². The average molecular weight is 426 g/mol. The van der Waals surface area contributed by atoms with E-state index in [1.807, 2.05) is 29.1 Å². The Balaban J connectivity index is 1.60. The number of hydrogen-bond donors (Lipinski definition) is 2. The van der Waals surface area contributed by atoms with Crippen molar-refractivity contribution in [1.29, 1.82) is 0 Å². The second kappa shape index (κ2) is 8.26. The first kappa shape index (κ1) is 19.6. The number of hydrogen-bond acceptors (Lipinski definition) is 5. The first-order chi connectivity index (χ1) is 12.9. The van der Waals surface area contributed by atoms with E-state index in [1.165, 1.54) is 18.5 Å². The summed E-state index contributed by atoms with van der Waals surface area (Å²) >= 11 is 12.0. The summed E-state index contributed by atoms with van der Waals surface area (Å²) in [7, 11) is -3.75. The minimum absolute atomic E-state index is 0.00277. The van der Waals surface area contributed by atoms with Crippen LogP contribution in [0, 0.1) is 6.92 Å². The molecule has 27 heavy (non-hydrogen) atoms. The zero-order valence-electron chi connectivity index (χ0n) is 14.4. The normalized spacial score (nSPS) is 11.5. The Kier molecular flexibility index (Phi) is 6.01. The van der Waals surface area contributed by atoms with E-state index in [0.717, 1.165) is 0 Å². The molecule has 0 bridgehead atoms. The van der Waals surface area contributed by atoms with Crippen LogP contribution in [-0.2, 0) is 10.0 Å². The fraction of sp³-hybridized carbons (Fsp3) is 0.176. The Morgan fingerprint density at radius 1 is 1.04 bits per heavy atom. The largest absolute Gasteiger partial charge is 0.369 e. The van der Waals surface area contributed by atoms with Crippen LogP contribution < -0.4 is 10.0 Å². The van der Waals surface area contributed by atoms with Crippen molar-refractivity contribution in [2.75, 3.05) is 18.4 Å². The van der Waals surface area contributed by atoms with Crippen molar-refractivity contribution >= 4 is 39.0 Å². The third-order valence-corrected chi connectivity index (χ3v) is 6.08. The van der Waals surface area contributed by atoms with Gasteiger partial charge in [-0.25, -0.2) is 23.1 Å². The Morgan fingerprint density at radius 3 is 2.52 bits per heavy atom. The molecule has 0 saturated heterocycles. The Hall–Kier alpha value is -2.13. The highest BCUT2D eigenvalue weighted by Crippen LogP contribution is 2.27. The molecule has 0 aliphatic rings.